The van der Waals surface area contributed by atoms with Crippen molar-refractivity contribution in [1.29, 1.82) is 0 Å². The molecule has 0 aliphatic carbocycles. The molecular formula is C23H32N2O5. The third-order valence-corrected chi connectivity index (χ3v) is 5.70. The van der Waals surface area contributed by atoms with Crippen molar-refractivity contribution in [2.45, 2.75) is 24.8 Å². The van der Waals surface area contributed by atoms with E-state index in [0.29, 0.717) is 23.8 Å². The third-order valence-electron chi connectivity index (χ3n) is 5.70. The lowest BCUT2D eigenvalue weighted by atomic mass is 10.0. The van der Waals surface area contributed by atoms with E-state index in [1.807, 2.05) is 12.1 Å². The maximum absolute atomic E-state index is 9.49. The molecule has 164 valence electrons. The molecule has 2 aromatic rings. The minimum absolute atomic E-state index is 0.248. The fourth-order valence-corrected chi connectivity index (χ4v) is 3.94. The molecular weight excluding hydrogens is 384 g/mol. The zero-order chi connectivity index (χ0) is 21.7. The second kappa shape index (κ2) is 9.55. The summed E-state index contributed by atoms with van der Waals surface area (Å²) in [6, 6.07) is 10.5. The number of anilines is 1. The molecule has 0 bridgehead atoms. The second-order valence-corrected chi connectivity index (χ2v) is 7.85. The Morgan fingerprint density at radius 3 is 2.13 bits per heavy atom. The summed E-state index contributed by atoms with van der Waals surface area (Å²) in [5.41, 5.74) is 9.85. The van der Waals surface area contributed by atoms with E-state index < -0.39 is 5.54 Å². The van der Waals surface area contributed by atoms with Crippen LogP contribution in [0.25, 0.3) is 0 Å². The lowest BCUT2D eigenvalue weighted by Gasteiger charge is -2.31. The molecule has 0 atom stereocenters. The number of aliphatic hydroxyl groups excluding tert-OH is 2. The highest BCUT2D eigenvalue weighted by Gasteiger charge is 2.30. The highest BCUT2D eigenvalue weighted by molar-refractivity contribution is 5.59. The number of aliphatic hydroxyl groups is 2. The monoisotopic (exact) mass is 416 g/mol. The number of hydrogen-bond acceptors (Lipinski definition) is 7. The summed E-state index contributed by atoms with van der Waals surface area (Å²) in [7, 11) is 4.84. The van der Waals surface area contributed by atoms with Crippen LogP contribution in [0, 0.1) is 0 Å². The Morgan fingerprint density at radius 2 is 1.57 bits per heavy atom. The van der Waals surface area contributed by atoms with Gasteiger partial charge in [0, 0.05) is 18.8 Å². The topological polar surface area (TPSA) is 97.4 Å². The first-order chi connectivity index (χ1) is 14.5. The van der Waals surface area contributed by atoms with E-state index in [0.717, 1.165) is 37.1 Å². The van der Waals surface area contributed by atoms with Crippen molar-refractivity contribution in [3.63, 3.8) is 0 Å². The van der Waals surface area contributed by atoms with Crippen LogP contribution < -0.4 is 24.8 Å². The van der Waals surface area contributed by atoms with Crippen LogP contribution in [0.5, 0.6) is 17.2 Å². The molecule has 0 amide bonds. The summed E-state index contributed by atoms with van der Waals surface area (Å²) in [6.07, 6.45) is 2.67. The van der Waals surface area contributed by atoms with Crippen molar-refractivity contribution in [2.24, 2.45) is 5.73 Å². The van der Waals surface area contributed by atoms with E-state index in [1.165, 1.54) is 11.1 Å². The molecule has 0 saturated heterocycles. The van der Waals surface area contributed by atoms with Gasteiger partial charge in [-0.2, -0.15) is 0 Å². The van der Waals surface area contributed by atoms with Crippen LogP contribution >= 0.6 is 0 Å². The van der Waals surface area contributed by atoms with Crippen molar-refractivity contribution in [3.8, 4) is 17.2 Å². The smallest absolute Gasteiger partial charge is 0.203 e. The van der Waals surface area contributed by atoms with E-state index in [2.05, 4.69) is 23.1 Å². The summed E-state index contributed by atoms with van der Waals surface area (Å²) in [4.78, 5) is 2.14. The number of rotatable bonds is 10. The summed E-state index contributed by atoms with van der Waals surface area (Å²) in [6.45, 7) is 0.771. The van der Waals surface area contributed by atoms with Gasteiger partial charge in [0.2, 0.25) is 5.75 Å². The number of methoxy groups -OCH3 is 3. The van der Waals surface area contributed by atoms with Crippen LogP contribution in [0.3, 0.4) is 0 Å². The third kappa shape index (κ3) is 4.64. The Hall–Kier alpha value is -2.48. The van der Waals surface area contributed by atoms with Gasteiger partial charge in [-0.05, 0) is 54.2 Å². The van der Waals surface area contributed by atoms with Crippen LogP contribution in [0.15, 0.2) is 30.3 Å². The molecule has 2 aromatic carbocycles. The molecule has 1 heterocycles. The fraction of sp³-hybridized carbons (Fsp3) is 0.478. The largest absolute Gasteiger partial charge is 0.493 e. The predicted molar refractivity (Wildman–Crippen MR) is 117 cm³/mol. The number of nitrogens with zero attached hydrogens (tertiary/aromatic N) is 1. The Kier molecular flexibility index (Phi) is 7.07. The summed E-state index contributed by atoms with van der Waals surface area (Å²) >= 11 is 0. The molecule has 3 rings (SSSR count). The van der Waals surface area contributed by atoms with E-state index in [4.69, 9.17) is 19.9 Å². The lowest BCUT2D eigenvalue weighted by molar-refractivity contribution is 0.125. The Morgan fingerprint density at radius 1 is 0.933 bits per heavy atom. The van der Waals surface area contributed by atoms with E-state index in [-0.39, 0.29) is 13.2 Å². The standard InChI is InChI=1S/C23H32N2O5/c1-28-20-11-17(12-21(29-2)22(20)30-3)5-4-16-6-7-19-18(10-16)8-9-25(19)13-23(24,14-26)15-27/h6-7,10-12,26-27H,4-5,8-9,13-15,24H2,1-3H3. The molecule has 0 fully saturated rings. The van der Waals surface area contributed by atoms with Gasteiger partial charge in [-0.15, -0.1) is 0 Å². The van der Waals surface area contributed by atoms with Gasteiger partial charge in [0.05, 0.1) is 40.1 Å². The summed E-state index contributed by atoms with van der Waals surface area (Å²) < 4.78 is 16.3. The minimum Gasteiger partial charge on any atom is -0.493 e. The van der Waals surface area contributed by atoms with Crippen LogP contribution in [-0.4, -0.2) is 63.4 Å². The second-order valence-electron chi connectivity index (χ2n) is 7.85. The van der Waals surface area contributed by atoms with Gasteiger partial charge < -0.3 is 35.1 Å². The quantitative estimate of drug-likeness (QED) is 0.541. The molecule has 1 aliphatic heterocycles. The molecule has 0 radical (unpaired) electrons. The number of hydrogen-bond donors (Lipinski definition) is 3. The highest BCUT2D eigenvalue weighted by Crippen LogP contribution is 2.38. The van der Waals surface area contributed by atoms with Crippen LogP contribution in [0.2, 0.25) is 0 Å². The zero-order valence-electron chi connectivity index (χ0n) is 18.0. The average Bonchev–Trinajstić information content (AvgIpc) is 3.18. The van der Waals surface area contributed by atoms with E-state index >= 15 is 0 Å². The number of ether oxygens (including phenoxy) is 3. The summed E-state index contributed by atoms with van der Waals surface area (Å²) in [5.74, 6) is 1.92. The molecule has 4 N–H and O–H groups in total. The Bertz CT molecular complexity index is 842. The van der Waals surface area contributed by atoms with Gasteiger partial charge in [-0.1, -0.05) is 12.1 Å². The predicted octanol–water partition coefficient (Wildman–Crippen LogP) is 1.54. The molecule has 0 unspecified atom stereocenters. The lowest BCUT2D eigenvalue weighted by Crippen LogP contribution is -2.55. The van der Waals surface area contributed by atoms with Crippen LogP contribution in [0.4, 0.5) is 5.69 Å². The van der Waals surface area contributed by atoms with Crippen LogP contribution in [-0.2, 0) is 19.3 Å². The van der Waals surface area contributed by atoms with Crippen molar-refractivity contribution in [2.75, 3.05) is 52.5 Å². The normalized spacial score (nSPS) is 13.3. The number of benzene rings is 2. The maximum Gasteiger partial charge on any atom is 0.203 e. The molecule has 1 aliphatic rings. The first-order valence-electron chi connectivity index (χ1n) is 10.1. The van der Waals surface area contributed by atoms with Gasteiger partial charge in [0.1, 0.15) is 0 Å². The molecule has 30 heavy (non-hydrogen) atoms. The molecule has 0 spiro atoms. The number of aryl methyl sites for hydroxylation is 2. The highest BCUT2D eigenvalue weighted by atomic mass is 16.5. The molecule has 0 aromatic heterocycles. The van der Waals surface area contributed by atoms with Gasteiger partial charge in [0.15, 0.2) is 11.5 Å². The van der Waals surface area contributed by atoms with Gasteiger partial charge in [-0.25, -0.2) is 0 Å². The van der Waals surface area contributed by atoms with Gasteiger partial charge in [-0.3, -0.25) is 0 Å². The SMILES string of the molecule is COc1cc(CCc2ccc3c(c2)CCN3CC(N)(CO)CO)cc(OC)c1OC. The number of nitrogens with two attached hydrogens (primary N) is 1. The maximum atomic E-state index is 9.49. The van der Waals surface area contributed by atoms with Gasteiger partial charge in [0.25, 0.3) is 0 Å². The van der Waals surface area contributed by atoms with Gasteiger partial charge >= 0.3 is 0 Å². The molecule has 7 nitrogen and oxygen atoms in total. The first kappa shape index (κ1) is 22.2. The van der Waals surface area contributed by atoms with Crippen molar-refractivity contribution in [3.05, 3.63) is 47.0 Å². The minimum atomic E-state index is -0.993. The zero-order valence-corrected chi connectivity index (χ0v) is 18.0. The van der Waals surface area contributed by atoms with Crippen molar-refractivity contribution < 1.29 is 24.4 Å². The van der Waals surface area contributed by atoms with Crippen molar-refractivity contribution in [1.82, 2.24) is 0 Å². The molecule has 0 saturated carbocycles. The first-order valence-corrected chi connectivity index (χ1v) is 10.1. The Balaban J connectivity index is 1.71. The van der Waals surface area contributed by atoms with Crippen molar-refractivity contribution >= 4 is 5.69 Å². The average molecular weight is 417 g/mol. The molecule has 7 heteroatoms. The number of fused-ring (bicyclic) bond motifs is 1. The van der Waals surface area contributed by atoms with E-state index in [9.17, 15) is 10.2 Å². The summed E-state index contributed by atoms with van der Waals surface area (Å²) in [5, 5.41) is 19.0. The Labute approximate surface area is 178 Å². The van der Waals surface area contributed by atoms with Crippen LogP contribution in [0.1, 0.15) is 16.7 Å². The van der Waals surface area contributed by atoms with E-state index in [1.54, 1.807) is 21.3 Å². The fourth-order valence-electron chi connectivity index (χ4n) is 3.94.